The Morgan fingerprint density at radius 1 is 1.06 bits per heavy atom. The summed E-state index contributed by atoms with van der Waals surface area (Å²) in [7, 11) is 1.49. The van der Waals surface area contributed by atoms with Crippen LogP contribution in [0, 0.1) is 10.1 Å². The molecule has 0 heterocycles. The van der Waals surface area contributed by atoms with Gasteiger partial charge in [-0.3, -0.25) is 14.9 Å². The van der Waals surface area contributed by atoms with Crippen LogP contribution in [0.2, 0.25) is 0 Å². The molecule has 0 fully saturated rings. The van der Waals surface area contributed by atoms with E-state index < -0.39 is 22.5 Å². The van der Waals surface area contributed by atoms with E-state index in [4.69, 9.17) is 9.47 Å². The Hall–Kier alpha value is -4.73. The maximum atomic E-state index is 12.3. The van der Waals surface area contributed by atoms with Crippen LogP contribution in [0.3, 0.4) is 0 Å². The lowest BCUT2D eigenvalue weighted by molar-refractivity contribution is -0.385. The monoisotopic (exact) mass is 435 g/mol. The lowest BCUT2D eigenvalue weighted by Crippen LogP contribution is -2.17. The summed E-state index contributed by atoms with van der Waals surface area (Å²) in [5, 5.41) is 24.6. The highest BCUT2D eigenvalue weighted by Crippen LogP contribution is 2.28. The summed E-state index contributed by atoms with van der Waals surface area (Å²) in [6.45, 7) is 0. The van der Waals surface area contributed by atoms with Gasteiger partial charge in [-0.1, -0.05) is 6.07 Å². The number of methoxy groups -OCH3 is 1. The molecule has 1 amide bonds. The van der Waals surface area contributed by atoms with Crippen molar-refractivity contribution in [1.82, 2.24) is 5.43 Å². The van der Waals surface area contributed by atoms with Gasteiger partial charge >= 0.3 is 11.7 Å². The maximum Gasteiger partial charge on any atom is 0.343 e. The molecule has 0 saturated carbocycles. The number of nitrogens with zero attached hydrogens (tertiary/aromatic N) is 2. The Morgan fingerprint density at radius 2 is 1.81 bits per heavy atom. The molecule has 162 valence electrons. The van der Waals surface area contributed by atoms with E-state index in [2.05, 4.69) is 10.5 Å². The number of nitrogens with one attached hydrogen (secondary N) is 1. The number of esters is 1. The van der Waals surface area contributed by atoms with Crippen LogP contribution in [0.4, 0.5) is 5.69 Å². The SMILES string of the molecule is COc1ccc(C(=O)Oc2ccc(C=NNC(=O)c3cccc(O)c3)cc2[N+](=O)[O-])cc1. The molecule has 3 aromatic carbocycles. The zero-order valence-corrected chi connectivity index (χ0v) is 16.7. The molecule has 0 atom stereocenters. The van der Waals surface area contributed by atoms with Gasteiger partial charge < -0.3 is 14.6 Å². The highest BCUT2D eigenvalue weighted by Gasteiger charge is 2.19. The van der Waals surface area contributed by atoms with Crippen molar-refractivity contribution in [1.29, 1.82) is 0 Å². The van der Waals surface area contributed by atoms with Crippen molar-refractivity contribution in [2.45, 2.75) is 0 Å². The fourth-order valence-electron chi connectivity index (χ4n) is 2.61. The van der Waals surface area contributed by atoms with E-state index in [-0.39, 0.29) is 28.2 Å². The van der Waals surface area contributed by atoms with Crippen molar-refractivity contribution in [2.75, 3.05) is 7.11 Å². The molecule has 0 spiro atoms. The van der Waals surface area contributed by atoms with E-state index in [1.165, 1.54) is 61.9 Å². The average Bonchev–Trinajstić information content (AvgIpc) is 2.79. The van der Waals surface area contributed by atoms with Crippen LogP contribution in [0.15, 0.2) is 71.8 Å². The standard InChI is InChI=1S/C22H17N3O7/c1-31-18-8-6-15(7-9-18)22(28)32-20-10-5-14(11-19(20)25(29)30)13-23-24-21(27)16-3-2-4-17(26)12-16/h2-13,26H,1H3,(H,24,27). The van der Waals surface area contributed by atoms with Gasteiger partial charge in [0.2, 0.25) is 5.75 Å². The first-order valence-electron chi connectivity index (χ1n) is 9.14. The van der Waals surface area contributed by atoms with Crippen molar-refractivity contribution in [3.8, 4) is 17.2 Å². The van der Waals surface area contributed by atoms with Gasteiger partial charge in [-0.05, 0) is 54.6 Å². The lowest BCUT2D eigenvalue weighted by atomic mass is 10.2. The molecule has 10 heteroatoms. The molecule has 0 aliphatic carbocycles. The van der Waals surface area contributed by atoms with Crippen molar-refractivity contribution in [3.05, 3.63) is 93.5 Å². The van der Waals surface area contributed by atoms with Gasteiger partial charge in [-0.25, -0.2) is 10.2 Å². The summed E-state index contributed by atoms with van der Waals surface area (Å²) in [4.78, 5) is 35.0. The number of ether oxygens (including phenoxy) is 2. The molecule has 32 heavy (non-hydrogen) atoms. The van der Waals surface area contributed by atoms with Crippen LogP contribution in [-0.4, -0.2) is 35.2 Å². The molecule has 0 saturated heterocycles. The second kappa shape index (κ2) is 9.85. The predicted octanol–water partition coefficient (Wildman–Crippen LogP) is 3.29. The fourth-order valence-corrected chi connectivity index (χ4v) is 2.61. The summed E-state index contributed by atoms with van der Waals surface area (Å²) in [6.07, 6.45) is 1.20. The number of phenols is 1. The Balaban J connectivity index is 1.72. The normalized spacial score (nSPS) is 10.5. The van der Waals surface area contributed by atoms with E-state index in [9.17, 15) is 24.8 Å². The van der Waals surface area contributed by atoms with Crippen LogP contribution in [0.5, 0.6) is 17.2 Å². The molecular weight excluding hydrogens is 418 g/mol. The van der Waals surface area contributed by atoms with Crippen molar-refractivity contribution in [3.63, 3.8) is 0 Å². The largest absolute Gasteiger partial charge is 0.508 e. The van der Waals surface area contributed by atoms with Crippen LogP contribution in [-0.2, 0) is 0 Å². The van der Waals surface area contributed by atoms with Gasteiger partial charge in [0.1, 0.15) is 11.5 Å². The molecule has 0 aliphatic rings. The van der Waals surface area contributed by atoms with Gasteiger partial charge in [0, 0.05) is 17.2 Å². The Bertz CT molecular complexity index is 1190. The topological polar surface area (TPSA) is 140 Å². The zero-order chi connectivity index (χ0) is 23.1. The number of nitro benzene ring substituents is 1. The van der Waals surface area contributed by atoms with E-state index in [0.717, 1.165) is 6.07 Å². The van der Waals surface area contributed by atoms with Crippen LogP contribution >= 0.6 is 0 Å². The highest BCUT2D eigenvalue weighted by atomic mass is 16.6. The summed E-state index contributed by atoms with van der Waals surface area (Å²) in [5.74, 6) is -1.10. The number of carbonyl (C=O) groups is 2. The minimum atomic E-state index is -0.768. The third-order valence-electron chi connectivity index (χ3n) is 4.20. The van der Waals surface area contributed by atoms with E-state index in [0.29, 0.717) is 5.75 Å². The number of aromatic hydroxyl groups is 1. The summed E-state index contributed by atoms with van der Waals surface area (Å²) in [6, 6.07) is 15.6. The number of hydrazone groups is 1. The summed E-state index contributed by atoms with van der Waals surface area (Å²) >= 11 is 0. The third-order valence-corrected chi connectivity index (χ3v) is 4.20. The Labute approximate surface area is 181 Å². The van der Waals surface area contributed by atoms with Crippen molar-refractivity contribution >= 4 is 23.8 Å². The van der Waals surface area contributed by atoms with E-state index in [1.807, 2.05) is 0 Å². The zero-order valence-electron chi connectivity index (χ0n) is 16.7. The van der Waals surface area contributed by atoms with Gasteiger partial charge in [0.15, 0.2) is 0 Å². The summed E-state index contributed by atoms with van der Waals surface area (Å²) < 4.78 is 10.2. The van der Waals surface area contributed by atoms with Crippen LogP contribution in [0.25, 0.3) is 0 Å². The number of hydrogen-bond acceptors (Lipinski definition) is 8. The van der Waals surface area contributed by atoms with E-state index in [1.54, 1.807) is 12.1 Å². The molecule has 0 unspecified atom stereocenters. The van der Waals surface area contributed by atoms with Crippen LogP contribution < -0.4 is 14.9 Å². The minimum absolute atomic E-state index is 0.0722. The predicted molar refractivity (Wildman–Crippen MR) is 114 cm³/mol. The number of amides is 1. The van der Waals surface area contributed by atoms with Gasteiger partial charge in [-0.2, -0.15) is 5.10 Å². The van der Waals surface area contributed by atoms with E-state index >= 15 is 0 Å². The molecule has 0 aliphatic heterocycles. The average molecular weight is 435 g/mol. The molecule has 2 N–H and O–H groups in total. The smallest absolute Gasteiger partial charge is 0.343 e. The van der Waals surface area contributed by atoms with Crippen LogP contribution in [0.1, 0.15) is 26.3 Å². The fraction of sp³-hybridized carbons (Fsp3) is 0.0455. The quantitative estimate of drug-likeness (QED) is 0.191. The molecular formula is C22H17N3O7. The first-order chi connectivity index (χ1) is 15.4. The Morgan fingerprint density at radius 3 is 2.47 bits per heavy atom. The van der Waals surface area contributed by atoms with Crippen molar-refractivity contribution in [2.24, 2.45) is 5.10 Å². The number of carbonyl (C=O) groups excluding carboxylic acids is 2. The van der Waals surface area contributed by atoms with Crippen molar-refractivity contribution < 1.29 is 29.1 Å². The number of hydrogen-bond donors (Lipinski definition) is 2. The number of rotatable bonds is 7. The number of phenolic OH excluding ortho intramolecular Hbond substituents is 1. The number of benzene rings is 3. The molecule has 0 aromatic heterocycles. The molecule has 3 aromatic rings. The highest BCUT2D eigenvalue weighted by molar-refractivity contribution is 5.95. The maximum absolute atomic E-state index is 12.3. The summed E-state index contributed by atoms with van der Waals surface area (Å²) in [5.41, 5.74) is 2.48. The molecule has 3 rings (SSSR count). The third kappa shape index (κ3) is 5.45. The lowest BCUT2D eigenvalue weighted by Gasteiger charge is -2.06. The second-order valence-electron chi connectivity index (χ2n) is 6.35. The molecule has 10 nitrogen and oxygen atoms in total. The minimum Gasteiger partial charge on any atom is -0.508 e. The van der Waals surface area contributed by atoms with Gasteiger partial charge in [-0.15, -0.1) is 0 Å². The van der Waals surface area contributed by atoms with Gasteiger partial charge in [0.05, 0.1) is 23.8 Å². The number of nitro groups is 1. The van der Waals surface area contributed by atoms with Gasteiger partial charge in [0.25, 0.3) is 5.91 Å². The Kier molecular flexibility index (Phi) is 6.76. The molecule has 0 bridgehead atoms. The second-order valence-corrected chi connectivity index (χ2v) is 6.35. The first-order valence-corrected chi connectivity index (χ1v) is 9.14. The first kappa shape index (κ1) is 22.0. The molecule has 0 radical (unpaired) electrons.